The number of carboxylic acid groups (broad SMARTS) is 1. The van der Waals surface area contributed by atoms with Gasteiger partial charge in [0.25, 0.3) is 0 Å². The summed E-state index contributed by atoms with van der Waals surface area (Å²) < 4.78 is 5.46. The molecular formula is C13H15NO3. The Hall–Kier alpha value is -1.97. The Morgan fingerprint density at radius 2 is 2.12 bits per heavy atom. The fraction of sp³-hybridized carbons (Fsp3) is 0.308. The fourth-order valence-corrected chi connectivity index (χ4v) is 1.94. The standard InChI is InChI=1S/C13H15NO3/c1-3-8-5-9(17-4-2)6-11-10(8)7-12(14-11)13(15)16/h5-7,14H,3-4H2,1-2H3,(H,15,16). The smallest absolute Gasteiger partial charge is 0.352 e. The number of hydrogen-bond donors (Lipinski definition) is 2. The third-order valence-electron chi connectivity index (χ3n) is 2.72. The van der Waals surface area contributed by atoms with Crippen molar-refractivity contribution in [3.8, 4) is 5.75 Å². The van der Waals surface area contributed by atoms with Gasteiger partial charge < -0.3 is 14.8 Å². The largest absolute Gasteiger partial charge is 0.494 e. The number of H-pyrrole nitrogens is 1. The Morgan fingerprint density at radius 1 is 1.35 bits per heavy atom. The molecule has 2 rings (SSSR count). The normalized spacial score (nSPS) is 10.7. The van der Waals surface area contributed by atoms with Gasteiger partial charge in [-0.15, -0.1) is 0 Å². The van der Waals surface area contributed by atoms with Crippen LogP contribution in [0.15, 0.2) is 18.2 Å². The van der Waals surface area contributed by atoms with Crippen LogP contribution in [0.1, 0.15) is 29.9 Å². The summed E-state index contributed by atoms with van der Waals surface area (Å²) in [4.78, 5) is 13.8. The first-order chi connectivity index (χ1) is 8.15. The van der Waals surface area contributed by atoms with Crippen molar-refractivity contribution in [1.29, 1.82) is 0 Å². The van der Waals surface area contributed by atoms with E-state index in [2.05, 4.69) is 4.98 Å². The number of aromatic nitrogens is 1. The number of carboxylic acids is 1. The van der Waals surface area contributed by atoms with E-state index < -0.39 is 5.97 Å². The Bertz CT molecular complexity index is 557. The van der Waals surface area contributed by atoms with Gasteiger partial charge >= 0.3 is 5.97 Å². The van der Waals surface area contributed by atoms with Crippen molar-refractivity contribution in [3.05, 3.63) is 29.5 Å². The minimum Gasteiger partial charge on any atom is -0.494 e. The van der Waals surface area contributed by atoms with Crippen molar-refractivity contribution < 1.29 is 14.6 Å². The van der Waals surface area contributed by atoms with Gasteiger partial charge in [0.2, 0.25) is 0 Å². The molecule has 1 aromatic heterocycles. The predicted molar refractivity (Wildman–Crippen MR) is 65.8 cm³/mol. The number of carbonyl (C=O) groups is 1. The van der Waals surface area contributed by atoms with Crippen molar-refractivity contribution in [2.75, 3.05) is 6.61 Å². The van der Waals surface area contributed by atoms with Crippen LogP contribution in [-0.2, 0) is 6.42 Å². The molecular weight excluding hydrogens is 218 g/mol. The van der Waals surface area contributed by atoms with Crippen LogP contribution in [0.2, 0.25) is 0 Å². The molecule has 0 unspecified atom stereocenters. The number of aromatic amines is 1. The number of aromatic carboxylic acids is 1. The first kappa shape index (κ1) is 11.5. The van der Waals surface area contributed by atoms with Crippen molar-refractivity contribution in [3.63, 3.8) is 0 Å². The Morgan fingerprint density at radius 3 is 2.71 bits per heavy atom. The summed E-state index contributed by atoms with van der Waals surface area (Å²) in [7, 11) is 0. The number of fused-ring (bicyclic) bond motifs is 1. The lowest BCUT2D eigenvalue weighted by atomic mass is 10.1. The number of hydrogen-bond acceptors (Lipinski definition) is 2. The summed E-state index contributed by atoms with van der Waals surface area (Å²) >= 11 is 0. The number of aryl methyl sites for hydroxylation is 1. The van der Waals surface area contributed by atoms with E-state index in [0.29, 0.717) is 6.61 Å². The summed E-state index contributed by atoms with van der Waals surface area (Å²) in [5, 5.41) is 9.91. The van der Waals surface area contributed by atoms with Gasteiger partial charge in [-0.25, -0.2) is 4.79 Å². The summed E-state index contributed by atoms with van der Waals surface area (Å²) in [6.07, 6.45) is 0.842. The molecule has 0 aliphatic heterocycles. The molecule has 0 bridgehead atoms. The van der Waals surface area contributed by atoms with Crippen LogP contribution in [0.5, 0.6) is 5.75 Å². The summed E-state index contributed by atoms with van der Waals surface area (Å²) in [5.74, 6) is -0.170. The molecule has 0 aliphatic rings. The third-order valence-corrected chi connectivity index (χ3v) is 2.72. The topological polar surface area (TPSA) is 62.3 Å². The summed E-state index contributed by atoms with van der Waals surface area (Å²) in [5.41, 5.74) is 2.11. The summed E-state index contributed by atoms with van der Waals surface area (Å²) in [6, 6.07) is 5.47. The SMILES string of the molecule is CCOc1cc(CC)c2cc(C(=O)O)[nH]c2c1. The van der Waals surface area contributed by atoms with Gasteiger partial charge in [-0.05, 0) is 31.0 Å². The lowest BCUT2D eigenvalue weighted by molar-refractivity contribution is 0.0691. The van der Waals surface area contributed by atoms with Crippen molar-refractivity contribution in [2.45, 2.75) is 20.3 Å². The second-order valence-electron chi connectivity index (χ2n) is 3.82. The molecule has 2 aromatic rings. The molecule has 0 radical (unpaired) electrons. The van der Waals surface area contributed by atoms with E-state index in [0.717, 1.165) is 28.6 Å². The van der Waals surface area contributed by atoms with Crippen molar-refractivity contribution >= 4 is 16.9 Å². The number of rotatable bonds is 4. The second-order valence-corrected chi connectivity index (χ2v) is 3.82. The average Bonchev–Trinajstić information content (AvgIpc) is 2.72. The Balaban J connectivity index is 2.60. The molecule has 0 aliphatic carbocycles. The van der Waals surface area contributed by atoms with Crippen molar-refractivity contribution in [2.24, 2.45) is 0 Å². The van der Waals surface area contributed by atoms with E-state index in [1.165, 1.54) is 0 Å². The van der Waals surface area contributed by atoms with Crippen LogP contribution in [-0.4, -0.2) is 22.7 Å². The molecule has 4 heteroatoms. The molecule has 0 saturated heterocycles. The molecule has 0 fully saturated rings. The number of benzene rings is 1. The Labute approximate surface area is 99.2 Å². The zero-order valence-electron chi connectivity index (χ0n) is 9.91. The number of ether oxygens (including phenoxy) is 1. The van der Waals surface area contributed by atoms with Crippen LogP contribution in [0.3, 0.4) is 0 Å². The monoisotopic (exact) mass is 233 g/mol. The van der Waals surface area contributed by atoms with Gasteiger partial charge in [0, 0.05) is 11.5 Å². The zero-order chi connectivity index (χ0) is 12.4. The highest BCUT2D eigenvalue weighted by Crippen LogP contribution is 2.26. The first-order valence-electron chi connectivity index (χ1n) is 5.67. The highest BCUT2D eigenvalue weighted by molar-refractivity contribution is 5.95. The maximum atomic E-state index is 10.9. The molecule has 1 aromatic carbocycles. The molecule has 0 atom stereocenters. The molecule has 0 saturated carbocycles. The van der Waals surface area contributed by atoms with E-state index in [1.807, 2.05) is 26.0 Å². The predicted octanol–water partition coefficient (Wildman–Crippen LogP) is 2.83. The molecule has 4 nitrogen and oxygen atoms in total. The maximum Gasteiger partial charge on any atom is 0.352 e. The Kier molecular flexibility index (Phi) is 3.04. The van der Waals surface area contributed by atoms with E-state index in [9.17, 15) is 4.79 Å². The molecule has 0 spiro atoms. The summed E-state index contributed by atoms with van der Waals surface area (Å²) in [6.45, 7) is 4.56. The second kappa shape index (κ2) is 4.49. The zero-order valence-corrected chi connectivity index (χ0v) is 9.91. The van der Waals surface area contributed by atoms with Crippen LogP contribution in [0.25, 0.3) is 10.9 Å². The lowest BCUT2D eigenvalue weighted by Gasteiger charge is -2.06. The van der Waals surface area contributed by atoms with Gasteiger partial charge in [0.05, 0.1) is 12.1 Å². The van der Waals surface area contributed by atoms with E-state index in [1.54, 1.807) is 6.07 Å². The molecule has 0 amide bonds. The van der Waals surface area contributed by atoms with Crippen LogP contribution < -0.4 is 4.74 Å². The molecule has 17 heavy (non-hydrogen) atoms. The van der Waals surface area contributed by atoms with Gasteiger partial charge in [0.1, 0.15) is 11.4 Å². The van der Waals surface area contributed by atoms with E-state index >= 15 is 0 Å². The highest BCUT2D eigenvalue weighted by atomic mass is 16.5. The highest BCUT2D eigenvalue weighted by Gasteiger charge is 2.11. The molecule has 1 heterocycles. The average molecular weight is 233 g/mol. The molecule has 2 N–H and O–H groups in total. The fourth-order valence-electron chi connectivity index (χ4n) is 1.94. The minimum atomic E-state index is -0.943. The van der Waals surface area contributed by atoms with Gasteiger partial charge in [-0.2, -0.15) is 0 Å². The number of nitrogens with one attached hydrogen (secondary N) is 1. The lowest BCUT2D eigenvalue weighted by Crippen LogP contribution is -1.94. The van der Waals surface area contributed by atoms with Gasteiger partial charge in [0.15, 0.2) is 0 Å². The van der Waals surface area contributed by atoms with E-state index in [-0.39, 0.29) is 5.69 Å². The van der Waals surface area contributed by atoms with Gasteiger partial charge in [-0.1, -0.05) is 6.92 Å². The first-order valence-corrected chi connectivity index (χ1v) is 5.67. The van der Waals surface area contributed by atoms with Gasteiger partial charge in [-0.3, -0.25) is 0 Å². The maximum absolute atomic E-state index is 10.9. The van der Waals surface area contributed by atoms with Crippen molar-refractivity contribution in [1.82, 2.24) is 4.98 Å². The molecule has 90 valence electrons. The van der Waals surface area contributed by atoms with Crippen LogP contribution in [0.4, 0.5) is 0 Å². The van der Waals surface area contributed by atoms with E-state index in [4.69, 9.17) is 9.84 Å². The van der Waals surface area contributed by atoms with Crippen LogP contribution >= 0.6 is 0 Å². The minimum absolute atomic E-state index is 0.211. The quantitative estimate of drug-likeness (QED) is 0.853. The third kappa shape index (κ3) is 2.11. The van der Waals surface area contributed by atoms with Crippen LogP contribution in [0, 0.1) is 0 Å².